The van der Waals surface area contributed by atoms with Crippen molar-refractivity contribution in [1.29, 1.82) is 0 Å². The summed E-state index contributed by atoms with van der Waals surface area (Å²) in [6, 6.07) is 7.39. The maximum absolute atomic E-state index is 12.5. The predicted molar refractivity (Wildman–Crippen MR) is 115 cm³/mol. The first-order valence-electron chi connectivity index (χ1n) is 10.6. The molecule has 1 amide bonds. The number of carbonyl (C=O) groups excluding carboxylic acids is 1. The summed E-state index contributed by atoms with van der Waals surface area (Å²) in [6.07, 6.45) is 6.88. The highest BCUT2D eigenvalue weighted by Crippen LogP contribution is 2.25. The van der Waals surface area contributed by atoms with E-state index in [1.54, 1.807) is 15.4 Å². The molecule has 1 saturated heterocycles. The lowest BCUT2D eigenvalue weighted by atomic mass is 10.1. The molecule has 10 nitrogen and oxygen atoms in total. The molecule has 31 heavy (non-hydrogen) atoms. The van der Waals surface area contributed by atoms with Crippen molar-refractivity contribution in [3.05, 3.63) is 36.7 Å². The molecule has 160 valence electrons. The molecule has 0 spiro atoms. The molecule has 4 aromatic rings. The van der Waals surface area contributed by atoms with E-state index in [9.17, 15) is 4.79 Å². The lowest BCUT2D eigenvalue weighted by molar-refractivity contribution is -0.121. The number of hydrogen-bond acceptors (Lipinski definition) is 7. The molecule has 0 bridgehead atoms. The van der Waals surface area contributed by atoms with Crippen LogP contribution in [0.25, 0.3) is 27.9 Å². The Morgan fingerprint density at radius 1 is 1.23 bits per heavy atom. The van der Waals surface area contributed by atoms with Crippen molar-refractivity contribution < 1.29 is 9.90 Å². The SMILES string of the molecule is O=C1NCCCC[C@H]1Nc1nc2ccccc2c2nc(-c3cnn(CCCO)c3)nn12. The van der Waals surface area contributed by atoms with Crippen molar-refractivity contribution >= 4 is 28.4 Å². The predicted octanol–water partition coefficient (Wildman–Crippen LogP) is 1.60. The van der Waals surface area contributed by atoms with Gasteiger partial charge >= 0.3 is 0 Å². The summed E-state index contributed by atoms with van der Waals surface area (Å²) in [6.45, 7) is 1.44. The second-order valence-corrected chi connectivity index (χ2v) is 7.68. The zero-order chi connectivity index (χ0) is 21.2. The van der Waals surface area contributed by atoms with Crippen LogP contribution in [0.4, 0.5) is 5.95 Å². The molecule has 4 heterocycles. The number of nitrogens with one attached hydrogen (secondary N) is 2. The van der Waals surface area contributed by atoms with Gasteiger partial charge in [0.2, 0.25) is 11.9 Å². The maximum Gasteiger partial charge on any atom is 0.242 e. The van der Waals surface area contributed by atoms with Crippen LogP contribution in [0.3, 0.4) is 0 Å². The Morgan fingerprint density at radius 3 is 3.03 bits per heavy atom. The molecular formula is C21H24N8O2. The first-order valence-corrected chi connectivity index (χ1v) is 10.6. The number of amides is 1. The van der Waals surface area contributed by atoms with Gasteiger partial charge in [0.15, 0.2) is 11.5 Å². The van der Waals surface area contributed by atoms with Crippen molar-refractivity contribution in [2.45, 2.75) is 38.3 Å². The minimum atomic E-state index is -0.367. The topological polar surface area (TPSA) is 122 Å². The van der Waals surface area contributed by atoms with Gasteiger partial charge in [-0.2, -0.15) is 9.61 Å². The lowest BCUT2D eigenvalue weighted by Crippen LogP contribution is -2.38. The molecule has 0 unspecified atom stereocenters. The Labute approximate surface area is 178 Å². The van der Waals surface area contributed by atoms with E-state index in [1.807, 2.05) is 30.5 Å². The minimum Gasteiger partial charge on any atom is -0.396 e. The van der Waals surface area contributed by atoms with Crippen molar-refractivity contribution in [2.75, 3.05) is 18.5 Å². The molecule has 0 aliphatic carbocycles. The standard InChI is InChI=1S/C21H24N8O2/c30-11-5-10-28-13-14(12-23-28)18-26-19-15-6-1-2-7-16(15)24-21(29(19)27-18)25-17-8-3-4-9-22-20(17)31/h1-2,6-7,12-13,17,30H,3-5,8-11H2,(H,22,31)(H,24,25)/t17-/m1/s1. The van der Waals surface area contributed by atoms with Crippen LogP contribution in [0.1, 0.15) is 25.7 Å². The summed E-state index contributed by atoms with van der Waals surface area (Å²) in [7, 11) is 0. The molecule has 1 aliphatic rings. The fourth-order valence-corrected chi connectivity index (χ4v) is 3.84. The number of aliphatic hydroxyl groups is 1. The van der Waals surface area contributed by atoms with Crippen molar-refractivity contribution in [3.8, 4) is 11.4 Å². The number of carbonyl (C=O) groups is 1. The van der Waals surface area contributed by atoms with E-state index in [-0.39, 0.29) is 18.6 Å². The second-order valence-electron chi connectivity index (χ2n) is 7.68. The average Bonchev–Trinajstić information content (AvgIpc) is 3.39. The highest BCUT2D eigenvalue weighted by Gasteiger charge is 2.23. The molecule has 10 heteroatoms. The number of hydrogen-bond donors (Lipinski definition) is 3. The maximum atomic E-state index is 12.5. The quantitative estimate of drug-likeness (QED) is 0.433. The van der Waals surface area contributed by atoms with E-state index in [4.69, 9.17) is 15.1 Å². The lowest BCUT2D eigenvalue weighted by Gasteiger charge is -2.16. The highest BCUT2D eigenvalue weighted by molar-refractivity contribution is 5.93. The summed E-state index contributed by atoms with van der Waals surface area (Å²) < 4.78 is 3.43. The summed E-state index contributed by atoms with van der Waals surface area (Å²) in [5.74, 6) is 0.995. The van der Waals surface area contributed by atoms with Gasteiger partial charge in [0.05, 0.1) is 17.3 Å². The van der Waals surface area contributed by atoms with Crippen LogP contribution in [0.15, 0.2) is 36.7 Å². The zero-order valence-corrected chi connectivity index (χ0v) is 17.0. The van der Waals surface area contributed by atoms with Gasteiger partial charge in [-0.15, -0.1) is 5.10 Å². The van der Waals surface area contributed by atoms with Gasteiger partial charge in [-0.25, -0.2) is 9.97 Å². The van der Waals surface area contributed by atoms with Gasteiger partial charge in [0.25, 0.3) is 0 Å². The van der Waals surface area contributed by atoms with Crippen molar-refractivity contribution in [1.82, 2.24) is 34.7 Å². The van der Waals surface area contributed by atoms with Gasteiger partial charge in [0.1, 0.15) is 6.04 Å². The minimum absolute atomic E-state index is 0.0221. The zero-order valence-electron chi connectivity index (χ0n) is 17.0. The van der Waals surface area contributed by atoms with Crippen LogP contribution < -0.4 is 10.6 Å². The van der Waals surface area contributed by atoms with Gasteiger partial charge < -0.3 is 15.7 Å². The van der Waals surface area contributed by atoms with Gasteiger partial charge in [0, 0.05) is 31.3 Å². The molecule has 1 aromatic carbocycles. The summed E-state index contributed by atoms with van der Waals surface area (Å²) in [5, 5.41) is 25.2. The summed E-state index contributed by atoms with van der Waals surface area (Å²) in [4.78, 5) is 22.0. The molecule has 1 atom stereocenters. The molecule has 5 rings (SSSR count). The number of fused-ring (bicyclic) bond motifs is 3. The van der Waals surface area contributed by atoms with Gasteiger partial charge in [-0.3, -0.25) is 9.48 Å². The third-order valence-corrected chi connectivity index (χ3v) is 5.45. The van der Waals surface area contributed by atoms with E-state index in [0.29, 0.717) is 36.9 Å². The number of aliphatic hydroxyl groups excluding tert-OH is 1. The first kappa shape index (κ1) is 19.4. The number of para-hydroxylation sites is 1. The Balaban J connectivity index is 1.58. The number of rotatable bonds is 6. The number of aryl methyl sites for hydroxylation is 1. The summed E-state index contributed by atoms with van der Waals surface area (Å²) in [5.41, 5.74) is 2.23. The third-order valence-electron chi connectivity index (χ3n) is 5.45. The second kappa shape index (κ2) is 8.31. The molecule has 0 saturated carbocycles. The smallest absolute Gasteiger partial charge is 0.242 e. The molecule has 3 aromatic heterocycles. The normalized spacial score (nSPS) is 17.1. The molecular weight excluding hydrogens is 396 g/mol. The van der Waals surface area contributed by atoms with Gasteiger partial charge in [-0.05, 0) is 37.8 Å². The Kier molecular flexibility index (Phi) is 5.21. The number of nitrogens with zero attached hydrogens (tertiary/aromatic N) is 6. The fraction of sp³-hybridized carbons (Fsp3) is 0.381. The highest BCUT2D eigenvalue weighted by atomic mass is 16.3. The molecule has 3 N–H and O–H groups in total. The molecule has 1 fully saturated rings. The first-order chi connectivity index (χ1) is 15.2. The van der Waals surface area contributed by atoms with E-state index in [2.05, 4.69) is 20.8 Å². The van der Waals surface area contributed by atoms with Gasteiger partial charge in [-0.1, -0.05) is 12.1 Å². The van der Waals surface area contributed by atoms with E-state index in [1.165, 1.54) is 0 Å². The van der Waals surface area contributed by atoms with E-state index in [0.717, 1.165) is 35.7 Å². The van der Waals surface area contributed by atoms with Crippen LogP contribution in [-0.4, -0.2) is 59.6 Å². The average molecular weight is 420 g/mol. The van der Waals surface area contributed by atoms with Crippen LogP contribution in [-0.2, 0) is 11.3 Å². The number of aromatic nitrogens is 6. The van der Waals surface area contributed by atoms with Crippen molar-refractivity contribution in [2.24, 2.45) is 0 Å². The molecule has 1 aliphatic heterocycles. The fourth-order valence-electron chi connectivity index (χ4n) is 3.84. The number of anilines is 1. The van der Waals surface area contributed by atoms with Crippen LogP contribution in [0.2, 0.25) is 0 Å². The number of benzene rings is 1. The van der Waals surface area contributed by atoms with Crippen LogP contribution >= 0.6 is 0 Å². The monoisotopic (exact) mass is 420 g/mol. The summed E-state index contributed by atoms with van der Waals surface area (Å²) >= 11 is 0. The largest absolute Gasteiger partial charge is 0.396 e. The molecule has 0 radical (unpaired) electrons. The van der Waals surface area contributed by atoms with Crippen LogP contribution in [0, 0.1) is 0 Å². The Hall–Kier alpha value is -3.53. The van der Waals surface area contributed by atoms with E-state index >= 15 is 0 Å². The third kappa shape index (κ3) is 3.81. The van der Waals surface area contributed by atoms with E-state index < -0.39 is 0 Å². The Morgan fingerprint density at radius 2 is 2.13 bits per heavy atom. The van der Waals surface area contributed by atoms with Crippen LogP contribution in [0.5, 0.6) is 0 Å². The Bertz CT molecular complexity index is 1230. The van der Waals surface area contributed by atoms with Crippen molar-refractivity contribution in [3.63, 3.8) is 0 Å².